The van der Waals surface area contributed by atoms with E-state index < -0.39 is 5.82 Å². The number of aromatic nitrogens is 4. The Balaban J connectivity index is 1.64. The second kappa shape index (κ2) is 14.0. The minimum atomic E-state index is -0.578. The summed E-state index contributed by atoms with van der Waals surface area (Å²) in [5.74, 6) is -0.784. The lowest BCUT2D eigenvalue weighted by Crippen LogP contribution is -2.64. The molecule has 54 heavy (non-hydrogen) atoms. The van der Waals surface area contributed by atoms with Gasteiger partial charge < -0.3 is 24.6 Å². The SMILES string of the molecule is C=CC(=O)N1CC2CN(CCCN(C)C)c3c(c4cc(F)c(-c5c(C)ccc6[nH]c(=O)n(C)c56)c(Cl)c4n(-c4c(C)ccnc4C(C)C)c3=O)N2CC1C. The Morgan fingerprint density at radius 3 is 2.50 bits per heavy atom. The molecule has 2 aliphatic heterocycles. The van der Waals surface area contributed by atoms with E-state index in [0.717, 1.165) is 18.5 Å². The van der Waals surface area contributed by atoms with Crippen molar-refractivity contribution >= 4 is 50.8 Å². The number of amides is 1. The van der Waals surface area contributed by atoms with Crippen LogP contribution in [0.3, 0.4) is 0 Å². The Hall–Kier alpha value is -4.94. The summed E-state index contributed by atoms with van der Waals surface area (Å²) in [5, 5.41) is 0.543. The molecule has 1 N–H and O–H groups in total. The van der Waals surface area contributed by atoms with Crippen LogP contribution in [0.4, 0.5) is 15.8 Å². The van der Waals surface area contributed by atoms with E-state index in [1.807, 2.05) is 65.7 Å². The number of imidazole rings is 1. The molecule has 5 aromatic rings. The Morgan fingerprint density at radius 2 is 1.81 bits per heavy atom. The number of piperazine rings is 1. The van der Waals surface area contributed by atoms with E-state index in [1.54, 1.807) is 23.9 Å². The lowest BCUT2D eigenvalue weighted by molar-refractivity contribution is -0.128. The molecule has 11 nitrogen and oxygen atoms in total. The van der Waals surface area contributed by atoms with Gasteiger partial charge in [-0.1, -0.05) is 38.1 Å². The number of fused-ring (bicyclic) bond motifs is 6. The lowest BCUT2D eigenvalue weighted by atomic mass is 9.93. The summed E-state index contributed by atoms with van der Waals surface area (Å²) in [6.07, 6.45) is 3.86. The number of H-pyrrole nitrogens is 1. The van der Waals surface area contributed by atoms with E-state index in [9.17, 15) is 9.59 Å². The van der Waals surface area contributed by atoms with E-state index >= 15 is 9.18 Å². The first-order valence-electron chi connectivity index (χ1n) is 18.5. The standard InChI is InChI=1S/C41H48ClFN8O3/c1-10-30(52)49-21-26-20-48(17-11-16-46(7)8)39-37(50(26)19-25(49)6)27-18-28(43)32(31-23(4)12-13-29-38(31)47(9)41(54)45-29)33(42)36(27)51(40(39)53)35-24(5)14-15-44-34(35)22(2)3/h10,12-15,18,22,25-26H,1,11,16-17,19-21H2,2-9H3,(H,45,54). The Bertz CT molecular complexity index is 2470. The summed E-state index contributed by atoms with van der Waals surface area (Å²) >= 11 is 7.59. The number of nitrogens with one attached hydrogen (secondary N) is 1. The summed E-state index contributed by atoms with van der Waals surface area (Å²) in [6.45, 7) is 16.3. The topological polar surface area (TPSA) is 103 Å². The number of aryl methyl sites for hydroxylation is 3. The number of nitrogens with zero attached hydrogens (tertiary/aromatic N) is 7. The number of rotatable bonds is 8. The van der Waals surface area contributed by atoms with E-state index in [2.05, 4.69) is 26.3 Å². The van der Waals surface area contributed by atoms with Crippen LogP contribution in [-0.2, 0) is 11.8 Å². The molecule has 1 saturated heterocycles. The summed E-state index contributed by atoms with van der Waals surface area (Å²) in [5.41, 5.74) is 5.31. The average Bonchev–Trinajstić information content (AvgIpc) is 3.41. The number of carbonyl (C=O) groups excluding carboxylic acids is 1. The fourth-order valence-corrected chi connectivity index (χ4v) is 8.89. The van der Waals surface area contributed by atoms with Crippen molar-refractivity contribution in [2.75, 3.05) is 56.6 Å². The molecule has 13 heteroatoms. The molecule has 2 unspecified atom stereocenters. The van der Waals surface area contributed by atoms with Gasteiger partial charge in [0.1, 0.15) is 11.5 Å². The van der Waals surface area contributed by atoms with Crippen LogP contribution in [0.2, 0.25) is 5.02 Å². The normalized spacial score (nSPS) is 17.2. The molecule has 3 aromatic heterocycles. The van der Waals surface area contributed by atoms with Gasteiger partial charge in [0.25, 0.3) is 5.56 Å². The van der Waals surface area contributed by atoms with Gasteiger partial charge in [-0.3, -0.25) is 23.7 Å². The van der Waals surface area contributed by atoms with E-state index in [1.165, 1.54) is 16.7 Å². The van der Waals surface area contributed by atoms with Gasteiger partial charge >= 0.3 is 5.69 Å². The van der Waals surface area contributed by atoms with Crippen LogP contribution in [0.1, 0.15) is 49.9 Å². The molecule has 0 aliphatic carbocycles. The molecule has 0 saturated carbocycles. The molecule has 0 bridgehead atoms. The number of anilines is 2. The Kier molecular flexibility index (Phi) is 9.72. The minimum Gasteiger partial charge on any atom is -0.363 e. The predicted octanol–water partition coefficient (Wildman–Crippen LogP) is 6.13. The maximum Gasteiger partial charge on any atom is 0.326 e. The van der Waals surface area contributed by atoms with E-state index in [0.29, 0.717) is 82.0 Å². The number of carbonyl (C=O) groups is 1. The van der Waals surface area contributed by atoms with Crippen LogP contribution in [0.25, 0.3) is 38.8 Å². The van der Waals surface area contributed by atoms with Crippen molar-refractivity contribution in [3.05, 3.63) is 91.6 Å². The maximum atomic E-state index is 17.3. The predicted molar refractivity (Wildman–Crippen MR) is 216 cm³/mol. The van der Waals surface area contributed by atoms with E-state index in [-0.39, 0.29) is 45.7 Å². The third-order valence-electron chi connectivity index (χ3n) is 11.1. The first kappa shape index (κ1) is 37.4. The van der Waals surface area contributed by atoms with Crippen molar-refractivity contribution in [1.82, 2.24) is 28.9 Å². The highest BCUT2D eigenvalue weighted by Crippen LogP contribution is 2.48. The van der Waals surface area contributed by atoms with Gasteiger partial charge in [-0.2, -0.15) is 0 Å². The molecular weight excluding hydrogens is 707 g/mol. The molecule has 0 spiro atoms. The van der Waals surface area contributed by atoms with Crippen molar-refractivity contribution in [3.63, 3.8) is 0 Å². The smallest absolute Gasteiger partial charge is 0.326 e. The second-order valence-electron chi connectivity index (χ2n) is 15.4. The zero-order valence-electron chi connectivity index (χ0n) is 32.3. The molecule has 5 heterocycles. The Morgan fingerprint density at radius 1 is 1.07 bits per heavy atom. The first-order chi connectivity index (χ1) is 25.7. The summed E-state index contributed by atoms with van der Waals surface area (Å²) in [7, 11) is 5.67. The third-order valence-corrected chi connectivity index (χ3v) is 11.5. The molecular formula is C41H48ClFN8O3. The highest BCUT2D eigenvalue weighted by Gasteiger charge is 2.42. The Labute approximate surface area is 319 Å². The fourth-order valence-electron chi connectivity index (χ4n) is 8.52. The van der Waals surface area contributed by atoms with Crippen LogP contribution in [0, 0.1) is 19.7 Å². The van der Waals surface area contributed by atoms with Crippen molar-refractivity contribution in [3.8, 4) is 16.8 Å². The molecule has 284 valence electrons. The van der Waals surface area contributed by atoms with E-state index in [4.69, 9.17) is 16.6 Å². The number of hydrogen-bond donors (Lipinski definition) is 1. The maximum absolute atomic E-state index is 17.3. The zero-order valence-corrected chi connectivity index (χ0v) is 33.0. The molecule has 1 fully saturated rings. The van der Waals surface area contributed by atoms with Gasteiger partial charge in [-0.25, -0.2) is 9.18 Å². The van der Waals surface area contributed by atoms with Gasteiger partial charge in [0.05, 0.1) is 44.7 Å². The summed E-state index contributed by atoms with van der Waals surface area (Å²) < 4.78 is 20.4. The third kappa shape index (κ3) is 5.90. The number of benzene rings is 2. The molecule has 1 amide bonds. The van der Waals surface area contributed by atoms with Crippen molar-refractivity contribution in [1.29, 1.82) is 0 Å². The zero-order chi connectivity index (χ0) is 38.9. The number of hydrogen-bond acceptors (Lipinski definition) is 7. The molecule has 2 aliphatic rings. The largest absolute Gasteiger partial charge is 0.363 e. The monoisotopic (exact) mass is 754 g/mol. The fraction of sp³-hybridized carbons (Fsp3) is 0.415. The van der Waals surface area contributed by atoms with Crippen LogP contribution in [0.15, 0.2) is 52.7 Å². The highest BCUT2D eigenvalue weighted by molar-refractivity contribution is 6.39. The van der Waals surface area contributed by atoms with Gasteiger partial charge in [-0.05, 0) is 89.2 Å². The van der Waals surface area contributed by atoms with Crippen LogP contribution < -0.4 is 21.0 Å². The highest BCUT2D eigenvalue weighted by atomic mass is 35.5. The average molecular weight is 755 g/mol. The molecule has 2 atom stereocenters. The van der Waals surface area contributed by atoms with Crippen molar-refractivity contribution < 1.29 is 9.18 Å². The second-order valence-corrected chi connectivity index (χ2v) is 15.8. The van der Waals surface area contributed by atoms with Crippen molar-refractivity contribution in [2.24, 2.45) is 7.05 Å². The van der Waals surface area contributed by atoms with Gasteiger partial charge in [0.15, 0.2) is 0 Å². The molecule has 7 rings (SSSR count). The number of halogens is 2. The van der Waals surface area contributed by atoms with Crippen molar-refractivity contribution in [2.45, 2.75) is 59.0 Å². The summed E-state index contributed by atoms with van der Waals surface area (Å²) in [4.78, 5) is 57.4. The lowest BCUT2D eigenvalue weighted by Gasteiger charge is -2.52. The molecule has 0 radical (unpaired) electrons. The van der Waals surface area contributed by atoms with Gasteiger partial charge in [-0.15, -0.1) is 0 Å². The quantitative estimate of drug-likeness (QED) is 0.190. The minimum absolute atomic E-state index is 0.0566. The number of pyridine rings is 2. The van der Waals surface area contributed by atoms with Crippen LogP contribution >= 0.6 is 11.6 Å². The first-order valence-corrected chi connectivity index (χ1v) is 18.9. The van der Waals surface area contributed by atoms with Gasteiger partial charge in [0, 0.05) is 62.0 Å². The van der Waals surface area contributed by atoms with Crippen LogP contribution in [0.5, 0.6) is 0 Å². The molecule has 2 aromatic carbocycles. The van der Waals surface area contributed by atoms with Crippen LogP contribution in [-0.4, -0.2) is 93.7 Å². The summed E-state index contributed by atoms with van der Waals surface area (Å²) in [6, 6.07) is 6.61. The van der Waals surface area contributed by atoms with Gasteiger partial charge in [0.2, 0.25) is 5.91 Å². The number of aromatic amines is 1.